The van der Waals surface area contributed by atoms with Crippen LogP contribution in [0, 0.1) is 5.41 Å². The van der Waals surface area contributed by atoms with Gasteiger partial charge in [0.2, 0.25) is 6.08 Å². The summed E-state index contributed by atoms with van der Waals surface area (Å²) in [7, 11) is 0. The molecule has 4 heteroatoms. The minimum Gasteiger partial charge on any atom is -0.211 e. The third kappa shape index (κ3) is 2.71. The molecule has 0 aromatic rings. The lowest BCUT2D eigenvalue weighted by Gasteiger charge is -2.29. The van der Waals surface area contributed by atoms with E-state index in [-0.39, 0.29) is 5.41 Å². The van der Waals surface area contributed by atoms with Crippen molar-refractivity contribution in [1.29, 1.82) is 0 Å². The topological polar surface area (TPSA) is 29.4 Å². The molecule has 0 aromatic carbocycles. The molecule has 0 aromatic heterocycles. The molecule has 0 bridgehead atoms. The van der Waals surface area contributed by atoms with Crippen LogP contribution in [0.2, 0.25) is 0 Å². The molecule has 0 fully saturated rings. The predicted molar refractivity (Wildman–Crippen MR) is 58.7 cm³/mol. The number of aliphatic imine (C=N–C) groups is 1. The van der Waals surface area contributed by atoms with E-state index in [0.29, 0.717) is 18.3 Å². The van der Waals surface area contributed by atoms with Gasteiger partial charge in [0, 0.05) is 17.2 Å². The van der Waals surface area contributed by atoms with Gasteiger partial charge in [-0.25, -0.2) is 9.79 Å². The number of alkyl halides is 2. The van der Waals surface area contributed by atoms with Crippen LogP contribution in [0.5, 0.6) is 0 Å². The Morgan fingerprint density at radius 2 is 2.36 bits per heavy atom. The number of nitrogens with zero attached hydrogens (tertiary/aromatic N) is 1. The van der Waals surface area contributed by atoms with E-state index in [1.807, 2.05) is 18.2 Å². The average molecular weight is 232 g/mol. The van der Waals surface area contributed by atoms with Crippen molar-refractivity contribution >= 4 is 29.3 Å². The van der Waals surface area contributed by atoms with Crippen molar-refractivity contribution in [3.8, 4) is 0 Å². The summed E-state index contributed by atoms with van der Waals surface area (Å²) in [5.74, 6) is 0.927. The Kier molecular flexibility index (Phi) is 4.40. The van der Waals surface area contributed by atoms with E-state index < -0.39 is 0 Å². The number of isocyanates is 1. The third-order valence-corrected chi connectivity index (χ3v) is 3.13. The van der Waals surface area contributed by atoms with Crippen molar-refractivity contribution in [1.82, 2.24) is 0 Å². The molecule has 1 atom stereocenters. The van der Waals surface area contributed by atoms with Gasteiger partial charge in [-0.15, -0.1) is 23.2 Å². The van der Waals surface area contributed by atoms with Crippen LogP contribution in [0.4, 0.5) is 0 Å². The SMILES string of the molecule is O=C=NCC1(CCl)C=CC=C(CCl)C1. The predicted octanol–water partition coefficient (Wildman–Crippen LogP) is 2.67. The quantitative estimate of drug-likeness (QED) is 0.416. The summed E-state index contributed by atoms with van der Waals surface area (Å²) in [6, 6.07) is 0. The van der Waals surface area contributed by atoms with Crippen LogP contribution in [0.3, 0.4) is 0 Å². The molecule has 2 nitrogen and oxygen atoms in total. The Labute approximate surface area is 93.3 Å². The van der Waals surface area contributed by atoms with Crippen LogP contribution in [0.15, 0.2) is 28.8 Å². The van der Waals surface area contributed by atoms with Gasteiger partial charge < -0.3 is 0 Å². The lowest BCUT2D eigenvalue weighted by molar-refractivity contribution is 0.437. The monoisotopic (exact) mass is 231 g/mol. The number of halogens is 2. The highest BCUT2D eigenvalue weighted by atomic mass is 35.5. The maximum Gasteiger partial charge on any atom is 0.234 e. The van der Waals surface area contributed by atoms with Crippen LogP contribution in [0.25, 0.3) is 0 Å². The highest BCUT2D eigenvalue weighted by molar-refractivity contribution is 6.19. The number of carbonyl (C=O) groups excluding carboxylic acids is 1. The van der Waals surface area contributed by atoms with Crippen molar-refractivity contribution in [3.05, 3.63) is 23.8 Å². The van der Waals surface area contributed by atoms with E-state index in [2.05, 4.69) is 4.99 Å². The second-order valence-corrected chi connectivity index (χ2v) is 3.93. The summed E-state index contributed by atoms with van der Waals surface area (Å²) in [5, 5.41) is 0. The Morgan fingerprint density at radius 1 is 1.57 bits per heavy atom. The zero-order valence-corrected chi connectivity index (χ0v) is 9.18. The Bertz CT molecular complexity index is 305. The minimum absolute atomic E-state index is 0.252. The molecule has 0 amide bonds. The number of allylic oxidation sites excluding steroid dienone is 3. The smallest absolute Gasteiger partial charge is 0.211 e. The molecule has 0 saturated heterocycles. The highest BCUT2D eigenvalue weighted by Crippen LogP contribution is 2.33. The fraction of sp³-hybridized carbons (Fsp3) is 0.500. The molecule has 1 aliphatic rings. The molecule has 0 heterocycles. The molecule has 76 valence electrons. The summed E-state index contributed by atoms with van der Waals surface area (Å²) in [4.78, 5) is 13.7. The molecule has 0 N–H and O–H groups in total. The van der Waals surface area contributed by atoms with E-state index in [1.165, 1.54) is 6.08 Å². The van der Waals surface area contributed by atoms with Crippen LogP contribution < -0.4 is 0 Å². The van der Waals surface area contributed by atoms with Crippen molar-refractivity contribution < 1.29 is 4.79 Å². The highest BCUT2D eigenvalue weighted by Gasteiger charge is 2.28. The van der Waals surface area contributed by atoms with E-state index in [1.54, 1.807) is 0 Å². The maximum atomic E-state index is 10.1. The summed E-state index contributed by atoms with van der Waals surface area (Å²) in [5.41, 5.74) is 0.869. The number of rotatable bonds is 4. The fourth-order valence-electron chi connectivity index (χ4n) is 1.48. The van der Waals surface area contributed by atoms with E-state index in [0.717, 1.165) is 12.0 Å². The van der Waals surface area contributed by atoms with Crippen LogP contribution in [0.1, 0.15) is 6.42 Å². The van der Waals surface area contributed by atoms with Gasteiger partial charge in [0.15, 0.2) is 0 Å². The molecular weight excluding hydrogens is 221 g/mol. The average Bonchev–Trinajstić information content (AvgIpc) is 2.26. The summed E-state index contributed by atoms with van der Waals surface area (Å²) in [6.07, 6.45) is 8.18. The zero-order chi connectivity index (χ0) is 10.4. The van der Waals surface area contributed by atoms with E-state index >= 15 is 0 Å². The van der Waals surface area contributed by atoms with Crippen LogP contribution >= 0.6 is 23.2 Å². The fourth-order valence-corrected chi connectivity index (χ4v) is 1.93. The minimum atomic E-state index is -0.252. The maximum absolute atomic E-state index is 10.1. The Balaban J connectivity index is 2.77. The molecule has 0 aliphatic heterocycles. The Morgan fingerprint density at radius 3 is 2.93 bits per heavy atom. The zero-order valence-electron chi connectivity index (χ0n) is 7.67. The van der Waals surface area contributed by atoms with E-state index in [9.17, 15) is 4.79 Å². The van der Waals surface area contributed by atoms with Gasteiger partial charge >= 0.3 is 0 Å². The van der Waals surface area contributed by atoms with Gasteiger partial charge in [0.05, 0.1) is 6.54 Å². The summed E-state index contributed by atoms with van der Waals surface area (Å²) < 4.78 is 0. The van der Waals surface area contributed by atoms with Gasteiger partial charge in [-0.3, -0.25) is 0 Å². The molecule has 1 unspecified atom stereocenters. The number of hydrogen-bond acceptors (Lipinski definition) is 2. The standard InChI is InChI=1S/C10H11Cl2NO/c11-5-9-2-1-3-10(4-9,6-12)7-13-8-14/h1-3H,4-7H2. The first-order chi connectivity index (χ1) is 6.76. The van der Waals surface area contributed by atoms with Gasteiger partial charge in [0.1, 0.15) is 0 Å². The van der Waals surface area contributed by atoms with Gasteiger partial charge in [-0.05, 0) is 6.42 Å². The number of hydrogen-bond donors (Lipinski definition) is 0. The van der Waals surface area contributed by atoms with Gasteiger partial charge in [-0.2, -0.15) is 0 Å². The first-order valence-electron chi connectivity index (χ1n) is 4.29. The molecule has 0 radical (unpaired) electrons. The van der Waals surface area contributed by atoms with Crippen molar-refractivity contribution in [3.63, 3.8) is 0 Å². The summed E-state index contributed by atoms with van der Waals surface area (Å²) >= 11 is 11.6. The largest absolute Gasteiger partial charge is 0.234 e. The molecular formula is C10H11Cl2NO. The van der Waals surface area contributed by atoms with Crippen LogP contribution in [-0.2, 0) is 4.79 Å². The summed E-state index contributed by atoms with van der Waals surface area (Å²) in [6.45, 7) is 0.380. The Hall–Kier alpha value is -0.560. The molecule has 1 rings (SSSR count). The van der Waals surface area contributed by atoms with Gasteiger partial charge in [-0.1, -0.05) is 23.8 Å². The second kappa shape index (κ2) is 5.35. The lowest BCUT2D eigenvalue weighted by Crippen LogP contribution is -2.26. The normalized spacial score (nSPS) is 25.4. The molecule has 14 heavy (non-hydrogen) atoms. The molecule has 1 aliphatic carbocycles. The van der Waals surface area contributed by atoms with E-state index in [4.69, 9.17) is 23.2 Å². The van der Waals surface area contributed by atoms with Crippen LogP contribution in [-0.4, -0.2) is 24.4 Å². The van der Waals surface area contributed by atoms with Crippen molar-refractivity contribution in [2.24, 2.45) is 10.4 Å². The first-order valence-corrected chi connectivity index (χ1v) is 5.36. The second-order valence-electron chi connectivity index (χ2n) is 3.40. The van der Waals surface area contributed by atoms with Crippen molar-refractivity contribution in [2.75, 3.05) is 18.3 Å². The van der Waals surface area contributed by atoms with Crippen molar-refractivity contribution in [2.45, 2.75) is 6.42 Å². The third-order valence-electron chi connectivity index (χ3n) is 2.26. The molecule has 0 spiro atoms. The van der Waals surface area contributed by atoms with Gasteiger partial charge in [0.25, 0.3) is 0 Å². The lowest BCUT2D eigenvalue weighted by atomic mass is 9.80. The first kappa shape index (κ1) is 11.5. The molecule has 0 saturated carbocycles.